The quantitative estimate of drug-likeness (QED) is 0.789. The molecule has 2 aromatic rings. The topological polar surface area (TPSA) is 87.5 Å². The summed E-state index contributed by atoms with van der Waals surface area (Å²) in [5.41, 5.74) is -0.234. The summed E-state index contributed by atoms with van der Waals surface area (Å²) in [5, 5.41) is 0.250. The summed E-state index contributed by atoms with van der Waals surface area (Å²) in [5.74, 6) is -1.22. The highest BCUT2D eigenvalue weighted by molar-refractivity contribution is 5.93. The molecule has 25 heavy (non-hydrogen) atoms. The van der Waals surface area contributed by atoms with Gasteiger partial charge >= 0.3 is 11.9 Å². The second kappa shape index (κ2) is 7.04. The summed E-state index contributed by atoms with van der Waals surface area (Å²) >= 11 is 0. The fourth-order valence-corrected chi connectivity index (χ4v) is 2.35. The van der Waals surface area contributed by atoms with Gasteiger partial charge in [-0.25, -0.2) is 9.78 Å². The molecule has 0 unspecified atom stereocenters. The monoisotopic (exact) mass is 346 g/mol. The zero-order valence-corrected chi connectivity index (χ0v) is 15.1. The van der Waals surface area contributed by atoms with Crippen LogP contribution in [0.25, 0.3) is 11.0 Å². The maximum absolute atomic E-state index is 12.6. The number of pyridine rings is 2. The first-order valence-electron chi connectivity index (χ1n) is 8.02. The molecule has 7 nitrogen and oxygen atoms in total. The molecular formula is C18H22N2O5. The van der Waals surface area contributed by atoms with Crippen LogP contribution in [0.2, 0.25) is 0 Å². The molecule has 0 aliphatic heterocycles. The van der Waals surface area contributed by atoms with Crippen LogP contribution in [0.3, 0.4) is 0 Å². The highest BCUT2D eigenvalue weighted by Gasteiger charge is 2.21. The number of nitrogens with zero attached hydrogens (tertiary/aromatic N) is 2. The molecule has 0 amide bonds. The Morgan fingerprint density at radius 2 is 1.92 bits per heavy atom. The van der Waals surface area contributed by atoms with Gasteiger partial charge in [-0.15, -0.1) is 0 Å². The minimum atomic E-state index is -0.729. The molecule has 2 heterocycles. The molecule has 0 saturated carbocycles. The van der Waals surface area contributed by atoms with Crippen LogP contribution in [0.1, 0.15) is 43.7 Å². The third-order valence-corrected chi connectivity index (χ3v) is 3.28. The van der Waals surface area contributed by atoms with Crippen molar-refractivity contribution in [2.24, 2.45) is 0 Å². The number of esters is 2. The van der Waals surface area contributed by atoms with Crippen LogP contribution >= 0.6 is 0 Å². The van der Waals surface area contributed by atoms with E-state index in [9.17, 15) is 14.4 Å². The van der Waals surface area contributed by atoms with Crippen molar-refractivity contribution < 1.29 is 19.1 Å². The van der Waals surface area contributed by atoms with Crippen LogP contribution in [-0.4, -0.2) is 33.7 Å². The number of ether oxygens (including phenoxy) is 2. The normalized spacial score (nSPS) is 11.4. The van der Waals surface area contributed by atoms with Crippen LogP contribution < -0.4 is 5.43 Å². The molecule has 7 heteroatoms. The lowest BCUT2D eigenvalue weighted by Crippen LogP contribution is -2.28. The largest absolute Gasteiger partial charge is 0.462 e. The first-order chi connectivity index (χ1) is 11.6. The Balaban J connectivity index is 2.58. The minimum Gasteiger partial charge on any atom is -0.462 e. The molecular weight excluding hydrogens is 324 g/mol. The Morgan fingerprint density at radius 3 is 2.52 bits per heavy atom. The minimum absolute atomic E-state index is 0.136. The van der Waals surface area contributed by atoms with Gasteiger partial charge in [0.1, 0.15) is 23.4 Å². The zero-order chi connectivity index (χ0) is 18.8. The van der Waals surface area contributed by atoms with Gasteiger partial charge in [0.05, 0.1) is 12.0 Å². The number of carbonyl (C=O) groups excluding carboxylic acids is 2. The zero-order valence-electron chi connectivity index (χ0n) is 15.1. The number of aromatic nitrogens is 2. The van der Waals surface area contributed by atoms with Gasteiger partial charge < -0.3 is 14.0 Å². The van der Waals surface area contributed by atoms with Crippen molar-refractivity contribution in [1.29, 1.82) is 0 Å². The molecule has 0 aliphatic carbocycles. The maximum atomic E-state index is 12.6. The van der Waals surface area contributed by atoms with Crippen molar-refractivity contribution >= 4 is 23.0 Å². The summed E-state index contributed by atoms with van der Waals surface area (Å²) in [6.07, 6.45) is 1.30. The predicted molar refractivity (Wildman–Crippen MR) is 92.5 cm³/mol. The van der Waals surface area contributed by atoms with E-state index in [4.69, 9.17) is 9.47 Å². The highest BCUT2D eigenvalue weighted by atomic mass is 16.6. The summed E-state index contributed by atoms with van der Waals surface area (Å²) in [4.78, 5) is 41.1. The Labute approximate surface area is 145 Å². The predicted octanol–water partition coefficient (Wildman–Crippen LogP) is 2.22. The summed E-state index contributed by atoms with van der Waals surface area (Å²) in [7, 11) is 0. The van der Waals surface area contributed by atoms with Gasteiger partial charge in [-0.05, 0) is 46.8 Å². The van der Waals surface area contributed by atoms with E-state index in [1.165, 1.54) is 10.8 Å². The Bertz CT molecular complexity index is 877. The Morgan fingerprint density at radius 1 is 1.24 bits per heavy atom. The van der Waals surface area contributed by atoms with Gasteiger partial charge in [0, 0.05) is 11.9 Å². The summed E-state index contributed by atoms with van der Waals surface area (Å²) in [6, 6.07) is 3.27. The average Bonchev–Trinajstić information content (AvgIpc) is 2.48. The standard InChI is InChI=1S/C18H22N2O5/c1-6-24-17(23)13-9-20(10-14(21)25-18(3,4)5)16-12(15(13)22)8-7-11(2)19-16/h7-9H,6,10H2,1-5H3. The van der Waals surface area contributed by atoms with Gasteiger partial charge in [-0.1, -0.05) is 0 Å². The molecule has 0 saturated heterocycles. The van der Waals surface area contributed by atoms with Gasteiger partial charge in [0.15, 0.2) is 0 Å². The number of hydrogen-bond acceptors (Lipinski definition) is 6. The molecule has 0 N–H and O–H groups in total. The smallest absolute Gasteiger partial charge is 0.343 e. The molecule has 0 spiro atoms. The molecule has 2 aromatic heterocycles. The maximum Gasteiger partial charge on any atom is 0.343 e. The molecule has 0 radical (unpaired) electrons. The second-order valence-corrected chi connectivity index (χ2v) is 6.63. The Kier molecular flexibility index (Phi) is 5.25. The van der Waals surface area contributed by atoms with Crippen molar-refractivity contribution in [1.82, 2.24) is 9.55 Å². The van der Waals surface area contributed by atoms with E-state index < -0.39 is 23.0 Å². The van der Waals surface area contributed by atoms with Crippen molar-refractivity contribution in [3.63, 3.8) is 0 Å². The third kappa shape index (κ3) is 4.43. The van der Waals surface area contributed by atoms with Crippen LogP contribution in [0, 0.1) is 6.92 Å². The SMILES string of the molecule is CCOC(=O)c1cn(CC(=O)OC(C)(C)C)c2nc(C)ccc2c1=O. The van der Waals surface area contributed by atoms with Crippen LogP contribution in [0.15, 0.2) is 23.1 Å². The highest BCUT2D eigenvalue weighted by Crippen LogP contribution is 2.14. The second-order valence-electron chi connectivity index (χ2n) is 6.63. The molecule has 2 rings (SSSR count). The number of carbonyl (C=O) groups is 2. The lowest BCUT2D eigenvalue weighted by molar-refractivity contribution is -0.155. The van der Waals surface area contributed by atoms with Crippen molar-refractivity contribution in [3.05, 3.63) is 39.8 Å². The molecule has 0 aliphatic rings. The molecule has 0 bridgehead atoms. The number of rotatable bonds is 4. The van der Waals surface area contributed by atoms with Gasteiger partial charge in [0.2, 0.25) is 5.43 Å². The first kappa shape index (κ1) is 18.6. The number of hydrogen-bond donors (Lipinski definition) is 0. The van der Waals surface area contributed by atoms with Gasteiger partial charge in [-0.3, -0.25) is 9.59 Å². The van der Waals surface area contributed by atoms with Crippen LogP contribution in [0.4, 0.5) is 0 Å². The van der Waals surface area contributed by atoms with Crippen molar-refractivity contribution in [3.8, 4) is 0 Å². The van der Waals surface area contributed by atoms with E-state index in [-0.39, 0.29) is 24.1 Å². The lowest BCUT2D eigenvalue weighted by atomic mass is 10.1. The van der Waals surface area contributed by atoms with Gasteiger partial charge in [0.25, 0.3) is 0 Å². The van der Waals surface area contributed by atoms with E-state index in [0.717, 1.165) is 0 Å². The lowest BCUT2D eigenvalue weighted by Gasteiger charge is -2.20. The molecule has 0 atom stereocenters. The fraction of sp³-hybridized carbons (Fsp3) is 0.444. The third-order valence-electron chi connectivity index (χ3n) is 3.28. The fourth-order valence-electron chi connectivity index (χ4n) is 2.35. The van der Waals surface area contributed by atoms with Crippen molar-refractivity contribution in [2.45, 2.75) is 46.8 Å². The van der Waals surface area contributed by atoms with E-state index in [1.54, 1.807) is 46.8 Å². The van der Waals surface area contributed by atoms with E-state index in [1.807, 2.05) is 0 Å². The van der Waals surface area contributed by atoms with E-state index in [0.29, 0.717) is 11.3 Å². The molecule has 0 aromatic carbocycles. The van der Waals surface area contributed by atoms with Gasteiger partial charge in [-0.2, -0.15) is 0 Å². The van der Waals surface area contributed by atoms with E-state index in [2.05, 4.69) is 4.98 Å². The molecule has 134 valence electrons. The first-order valence-corrected chi connectivity index (χ1v) is 8.02. The molecule has 0 fully saturated rings. The van der Waals surface area contributed by atoms with Crippen LogP contribution in [0.5, 0.6) is 0 Å². The van der Waals surface area contributed by atoms with E-state index >= 15 is 0 Å². The number of fused-ring (bicyclic) bond motifs is 1. The summed E-state index contributed by atoms with van der Waals surface area (Å²) in [6.45, 7) is 8.71. The Hall–Kier alpha value is -2.70. The summed E-state index contributed by atoms with van der Waals surface area (Å²) < 4.78 is 11.7. The van der Waals surface area contributed by atoms with Crippen molar-refractivity contribution in [2.75, 3.05) is 6.61 Å². The van der Waals surface area contributed by atoms with Crippen LogP contribution in [-0.2, 0) is 20.8 Å². The average molecular weight is 346 g/mol. The number of aryl methyl sites for hydroxylation is 1.